The van der Waals surface area contributed by atoms with Gasteiger partial charge in [0.15, 0.2) is 11.6 Å². The molecule has 0 saturated heterocycles. The van der Waals surface area contributed by atoms with Gasteiger partial charge in [-0.05, 0) is 29.7 Å². The van der Waals surface area contributed by atoms with Crippen molar-refractivity contribution >= 4 is 17.3 Å². The van der Waals surface area contributed by atoms with Gasteiger partial charge in [-0.3, -0.25) is 14.6 Å². The molecule has 4 rings (SSSR count). The summed E-state index contributed by atoms with van der Waals surface area (Å²) in [5.74, 6) is 0.706. The number of ketones is 2. The lowest BCUT2D eigenvalue weighted by Gasteiger charge is -2.27. The lowest BCUT2D eigenvalue weighted by atomic mass is 9.76. The number of hydrogen-bond donors (Lipinski definition) is 1. The summed E-state index contributed by atoms with van der Waals surface area (Å²) in [5, 5.41) is 15.3. The number of aliphatic hydroxyl groups is 1. The number of allylic oxidation sites excluding steroid dienone is 2. The Morgan fingerprint density at radius 2 is 1.86 bits per heavy atom. The van der Waals surface area contributed by atoms with Crippen LogP contribution in [0.5, 0.6) is 0 Å². The number of unbranched alkanes of at least 4 members (excludes halogenated alkanes) is 3. The fraction of sp³-hybridized carbons (Fsp3) is 0.533. The van der Waals surface area contributed by atoms with Crippen LogP contribution in [0.15, 0.2) is 51.2 Å². The minimum atomic E-state index is -0.142. The Kier molecular flexibility index (Phi) is 8.22. The van der Waals surface area contributed by atoms with E-state index in [2.05, 4.69) is 24.2 Å². The third-order valence-electron chi connectivity index (χ3n) is 7.30. The summed E-state index contributed by atoms with van der Waals surface area (Å²) in [7, 11) is 0. The normalized spacial score (nSPS) is 22.1. The molecule has 1 unspecified atom stereocenters. The number of nitrogens with zero attached hydrogens (tertiary/aromatic N) is 2. The van der Waals surface area contributed by atoms with E-state index >= 15 is 0 Å². The molecule has 1 aromatic carbocycles. The molecule has 36 heavy (non-hydrogen) atoms. The number of fused-ring (bicyclic) bond motifs is 1. The first-order valence-corrected chi connectivity index (χ1v) is 13.3. The average Bonchev–Trinajstić information content (AvgIpc) is 3.24. The zero-order chi connectivity index (χ0) is 25.7. The van der Waals surface area contributed by atoms with Crippen molar-refractivity contribution in [1.29, 1.82) is 0 Å². The van der Waals surface area contributed by atoms with Crippen LogP contribution in [0.25, 0.3) is 0 Å². The standard InChI is InChI=1S/C30H38N2O4/c1-4-5-6-10-15-31-23-16-21(20-11-8-7-9-12-20)17-25(34)28(23)24(33)14-13-22-29-26(35)18-30(2,3)19-27(29)36-32-22/h7-9,11-12,21,33H,4-6,10,13-19H2,1-3H3/b28-24-,31-23?. The molecule has 0 spiro atoms. The Hall–Kier alpha value is -3.02. The highest BCUT2D eigenvalue weighted by atomic mass is 16.5. The minimum Gasteiger partial charge on any atom is -0.511 e. The van der Waals surface area contributed by atoms with Gasteiger partial charge >= 0.3 is 0 Å². The summed E-state index contributed by atoms with van der Waals surface area (Å²) in [4.78, 5) is 30.9. The van der Waals surface area contributed by atoms with Crippen LogP contribution in [-0.4, -0.2) is 34.1 Å². The quantitative estimate of drug-likeness (QED) is 0.239. The monoisotopic (exact) mass is 490 g/mol. The van der Waals surface area contributed by atoms with Crippen molar-refractivity contribution in [3.8, 4) is 0 Å². The van der Waals surface area contributed by atoms with Crippen LogP contribution in [0.4, 0.5) is 0 Å². The van der Waals surface area contributed by atoms with Gasteiger partial charge in [-0.25, -0.2) is 0 Å². The fourth-order valence-electron chi connectivity index (χ4n) is 5.43. The number of hydrogen-bond acceptors (Lipinski definition) is 6. The molecule has 2 aromatic rings. The van der Waals surface area contributed by atoms with E-state index in [0.717, 1.165) is 24.8 Å². The second-order valence-corrected chi connectivity index (χ2v) is 11.0. The second kappa shape index (κ2) is 11.4. The zero-order valence-corrected chi connectivity index (χ0v) is 21.8. The van der Waals surface area contributed by atoms with Gasteiger partial charge in [0.1, 0.15) is 11.5 Å². The molecule has 1 N–H and O–H groups in total. The maximum atomic E-state index is 13.3. The molecule has 2 aliphatic carbocycles. The Morgan fingerprint density at radius 1 is 1.08 bits per heavy atom. The molecule has 192 valence electrons. The molecule has 0 aliphatic heterocycles. The molecule has 1 fully saturated rings. The number of benzene rings is 1. The van der Waals surface area contributed by atoms with E-state index in [4.69, 9.17) is 9.52 Å². The number of carbonyl (C=O) groups excluding carboxylic acids is 2. The summed E-state index contributed by atoms with van der Waals surface area (Å²) < 4.78 is 5.50. The van der Waals surface area contributed by atoms with Gasteiger partial charge in [-0.1, -0.05) is 75.5 Å². The van der Waals surface area contributed by atoms with E-state index in [1.54, 1.807) is 0 Å². The first-order chi connectivity index (χ1) is 17.3. The fourth-order valence-corrected chi connectivity index (χ4v) is 5.43. The predicted molar refractivity (Wildman–Crippen MR) is 141 cm³/mol. The maximum absolute atomic E-state index is 13.3. The summed E-state index contributed by atoms with van der Waals surface area (Å²) in [6.45, 7) is 6.93. The smallest absolute Gasteiger partial charge is 0.168 e. The highest BCUT2D eigenvalue weighted by molar-refractivity contribution is 6.24. The Morgan fingerprint density at radius 3 is 2.61 bits per heavy atom. The number of aliphatic hydroxyl groups excluding tert-OH is 1. The van der Waals surface area contributed by atoms with Crippen LogP contribution in [0.1, 0.15) is 105 Å². The summed E-state index contributed by atoms with van der Waals surface area (Å²) in [5.41, 5.74) is 3.18. The molecule has 1 heterocycles. The summed E-state index contributed by atoms with van der Waals surface area (Å²) >= 11 is 0. The first-order valence-electron chi connectivity index (χ1n) is 13.3. The van der Waals surface area contributed by atoms with Crippen LogP contribution in [0.2, 0.25) is 0 Å². The van der Waals surface area contributed by atoms with E-state index < -0.39 is 0 Å². The van der Waals surface area contributed by atoms with Gasteiger partial charge in [0, 0.05) is 44.4 Å². The molecular formula is C30H38N2O4. The van der Waals surface area contributed by atoms with E-state index in [1.807, 2.05) is 32.0 Å². The van der Waals surface area contributed by atoms with Crippen molar-refractivity contribution in [1.82, 2.24) is 5.16 Å². The second-order valence-electron chi connectivity index (χ2n) is 11.0. The first kappa shape index (κ1) is 26.1. The number of aromatic nitrogens is 1. The van der Waals surface area contributed by atoms with E-state index in [9.17, 15) is 14.7 Å². The van der Waals surface area contributed by atoms with Crippen LogP contribution in [0.3, 0.4) is 0 Å². The van der Waals surface area contributed by atoms with E-state index in [0.29, 0.717) is 67.0 Å². The van der Waals surface area contributed by atoms with E-state index in [-0.39, 0.29) is 35.1 Å². The Balaban J connectivity index is 1.54. The van der Waals surface area contributed by atoms with E-state index in [1.165, 1.54) is 6.42 Å². The number of aryl methyl sites for hydroxylation is 1. The molecule has 0 amide bonds. The molecule has 2 aliphatic rings. The van der Waals surface area contributed by atoms with Gasteiger partial charge in [-0.2, -0.15) is 0 Å². The average molecular weight is 491 g/mol. The summed E-state index contributed by atoms with van der Waals surface area (Å²) in [6, 6.07) is 10.1. The lowest BCUT2D eigenvalue weighted by Crippen LogP contribution is -2.27. The molecule has 0 radical (unpaired) electrons. The summed E-state index contributed by atoms with van der Waals surface area (Å²) in [6.07, 6.45) is 7.08. The third kappa shape index (κ3) is 6.03. The van der Waals surface area contributed by atoms with Crippen molar-refractivity contribution in [2.24, 2.45) is 10.4 Å². The lowest BCUT2D eigenvalue weighted by molar-refractivity contribution is -0.116. The topological polar surface area (TPSA) is 92.8 Å². The maximum Gasteiger partial charge on any atom is 0.168 e. The third-order valence-corrected chi connectivity index (χ3v) is 7.30. The molecule has 6 nitrogen and oxygen atoms in total. The van der Waals surface area contributed by atoms with Crippen molar-refractivity contribution in [2.45, 2.75) is 90.9 Å². The van der Waals surface area contributed by atoms with Gasteiger partial charge in [0.05, 0.1) is 16.8 Å². The van der Waals surface area contributed by atoms with Gasteiger partial charge in [0.2, 0.25) is 0 Å². The van der Waals surface area contributed by atoms with Gasteiger partial charge < -0.3 is 9.63 Å². The number of rotatable bonds is 9. The van der Waals surface area contributed by atoms with Crippen molar-refractivity contribution in [2.75, 3.05) is 6.54 Å². The molecule has 1 atom stereocenters. The largest absolute Gasteiger partial charge is 0.511 e. The highest BCUT2D eigenvalue weighted by Crippen LogP contribution is 2.37. The number of carbonyl (C=O) groups is 2. The van der Waals surface area contributed by atoms with Crippen molar-refractivity contribution in [3.63, 3.8) is 0 Å². The number of aliphatic imine (C=N–C) groups is 1. The molecule has 0 bridgehead atoms. The molecular weight excluding hydrogens is 452 g/mol. The van der Waals surface area contributed by atoms with Gasteiger partial charge in [-0.15, -0.1) is 0 Å². The van der Waals surface area contributed by atoms with Crippen LogP contribution >= 0.6 is 0 Å². The molecule has 1 saturated carbocycles. The Labute approximate surface area is 213 Å². The van der Waals surface area contributed by atoms with Crippen molar-refractivity contribution < 1.29 is 19.2 Å². The van der Waals surface area contributed by atoms with Crippen molar-refractivity contribution in [3.05, 3.63) is 64.2 Å². The van der Waals surface area contributed by atoms with Crippen LogP contribution in [0, 0.1) is 5.41 Å². The molecule has 6 heteroatoms. The van der Waals surface area contributed by atoms with Crippen LogP contribution < -0.4 is 0 Å². The van der Waals surface area contributed by atoms with Gasteiger partial charge in [0.25, 0.3) is 0 Å². The SMILES string of the molecule is CCCCCCN=C1CC(c2ccccc2)CC(=O)/C1=C(\O)CCc1noc2c1C(=O)CC(C)(C)C2. The van der Waals surface area contributed by atoms with Crippen LogP contribution in [-0.2, 0) is 17.6 Å². The Bertz CT molecular complexity index is 1160. The minimum absolute atomic E-state index is 0.0402. The molecule has 1 aromatic heterocycles. The zero-order valence-electron chi connectivity index (χ0n) is 21.8. The number of Topliss-reactive ketones (excluding diaryl/α,β-unsaturated/α-hetero) is 2. The predicted octanol–water partition coefficient (Wildman–Crippen LogP) is 6.74. The highest BCUT2D eigenvalue weighted by Gasteiger charge is 2.37.